The Balaban J connectivity index is 2.32. The van der Waals surface area contributed by atoms with Crippen molar-refractivity contribution >= 4 is 45.7 Å². The van der Waals surface area contributed by atoms with Gasteiger partial charge in [0.25, 0.3) is 0 Å². The van der Waals surface area contributed by atoms with E-state index in [0.29, 0.717) is 27.1 Å². The first kappa shape index (κ1) is 15.3. The third kappa shape index (κ3) is 3.32. The molecule has 2 aromatic rings. The second-order valence-electron chi connectivity index (χ2n) is 4.05. The van der Waals surface area contributed by atoms with Crippen molar-refractivity contribution in [1.29, 1.82) is 0 Å². The number of carbonyl (C=O) groups excluding carboxylic acids is 1. The molecular formula is C13H11ClN2O4S. The Kier molecular flexibility index (Phi) is 4.44. The molecule has 21 heavy (non-hydrogen) atoms. The Morgan fingerprint density at radius 1 is 1.43 bits per heavy atom. The van der Waals surface area contributed by atoms with Crippen molar-refractivity contribution in [3.05, 3.63) is 39.4 Å². The molecule has 0 unspecified atom stereocenters. The molecule has 0 amide bonds. The second kappa shape index (κ2) is 6.11. The van der Waals surface area contributed by atoms with Gasteiger partial charge in [-0.3, -0.25) is 0 Å². The van der Waals surface area contributed by atoms with Gasteiger partial charge in [0.05, 0.1) is 29.1 Å². The number of rotatable bonds is 4. The van der Waals surface area contributed by atoms with Crippen molar-refractivity contribution in [1.82, 2.24) is 4.98 Å². The van der Waals surface area contributed by atoms with Crippen molar-refractivity contribution in [3.63, 3.8) is 0 Å². The number of carboxylic acid groups (broad SMARTS) is 1. The number of carbonyl (C=O) groups is 2. The van der Waals surface area contributed by atoms with Gasteiger partial charge in [-0.1, -0.05) is 22.9 Å². The van der Waals surface area contributed by atoms with Gasteiger partial charge in [-0.15, -0.1) is 0 Å². The topological polar surface area (TPSA) is 88.5 Å². The number of nitrogens with zero attached hydrogens (tertiary/aromatic N) is 1. The van der Waals surface area contributed by atoms with Gasteiger partial charge in [-0.25, -0.2) is 14.6 Å². The van der Waals surface area contributed by atoms with E-state index < -0.39 is 11.9 Å². The number of anilines is 2. The summed E-state index contributed by atoms with van der Waals surface area (Å²) < 4.78 is 4.64. The van der Waals surface area contributed by atoms with E-state index in [2.05, 4.69) is 15.0 Å². The molecule has 0 fully saturated rings. The van der Waals surface area contributed by atoms with E-state index in [9.17, 15) is 9.59 Å². The number of methoxy groups -OCH3 is 1. The van der Waals surface area contributed by atoms with Gasteiger partial charge >= 0.3 is 11.9 Å². The van der Waals surface area contributed by atoms with Crippen LogP contribution in [0, 0.1) is 6.92 Å². The molecule has 1 aromatic heterocycles. The number of halogens is 1. The Morgan fingerprint density at radius 2 is 2.14 bits per heavy atom. The lowest BCUT2D eigenvalue weighted by atomic mass is 10.2. The van der Waals surface area contributed by atoms with E-state index in [1.807, 2.05) is 0 Å². The summed E-state index contributed by atoms with van der Waals surface area (Å²) in [4.78, 5) is 26.8. The highest BCUT2D eigenvalue weighted by Gasteiger charge is 2.15. The summed E-state index contributed by atoms with van der Waals surface area (Å²) in [5.74, 6) is -1.52. The molecule has 0 bridgehead atoms. The number of benzene rings is 1. The highest BCUT2D eigenvalue weighted by Crippen LogP contribution is 2.30. The third-order valence-corrected chi connectivity index (χ3v) is 4.01. The molecule has 0 aliphatic heterocycles. The average Bonchev–Trinajstić information content (AvgIpc) is 2.81. The first-order chi connectivity index (χ1) is 9.92. The van der Waals surface area contributed by atoms with Crippen molar-refractivity contribution in [3.8, 4) is 0 Å². The maximum Gasteiger partial charge on any atom is 0.347 e. The van der Waals surface area contributed by atoms with E-state index in [1.165, 1.54) is 19.2 Å². The zero-order valence-electron chi connectivity index (χ0n) is 11.1. The van der Waals surface area contributed by atoms with Crippen molar-refractivity contribution < 1.29 is 19.4 Å². The van der Waals surface area contributed by atoms with E-state index in [4.69, 9.17) is 16.7 Å². The van der Waals surface area contributed by atoms with Crippen LogP contribution >= 0.6 is 22.9 Å². The number of hydrogen-bond donors (Lipinski definition) is 2. The number of ether oxygens (including phenoxy) is 1. The Morgan fingerprint density at radius 3 is 2.71 bits per heavy atom. The van der Waals surface area contributed by atoms with Crippen molar-refractivity contribution in [2.75, 3.05) is 12.4 Å². The van der Waals surface area contributed by atoms with Crippen LogP contribution in [0.4, 0.5) is 10.8 Å². The van der Waals surface area contributed by atoms with Crippen LogP contribution < -0.4 is 5.32 Å². The molecule has 2 rings (SSSR count). The fraction of sp³-hybridized carbons (Fsp3) is 0.154. The first-order valence-electron chi connectivity index (χ1n) is 5.78. The zero-order chi connectivity index (χ0) is 15.6. The quantitative estimate of drug-likeness (QED) is 0.838. The number of hydrogen-bond acceptors (Lipinski definition) is 6. The number of thiazole rings is 1. The molecule has 0 saturated heterocycles. The number of aromatic carboxylic acids is 1. The monoisotopic (exact) mass is 326 g/mol. The standard InChI is InChI=1S/C13H11ClN2O4S/c1-6-10(11(17)18)21-13(15-6)16-9-5-7(12(19)20-2)3-4-8(9)14/h3-5H,1-2H3,(H,15,16)(H,17,18). The molecule has 0 radical (unpaired) electrons. The molecule has 0 aliphatic carbocycles. The van der Waals surface area contributed by atoms with Crippen LogP contribution in [0.3, 0.4) is 0 Å². The molecule has 110 valence electrons. The van der Waals surface area contributed by atoms with E-state index in [1.54, 1.807) is 13.0 Å². The molecule has 2 N–H and O–H groups in total. The van der Waals surface area contributed by atoms with Crippen LogP contribution in [0.15, 0.2) is 18.2 Å². The Bertz CT molecular complexity index is 714. The maximum absolute atomic E-state index is 11.5. The lowest BCUT2D eigenvalue weighted by molar-refractivity contribution is 0.0600. The lowest BCUT2D eigenvalue weighted by Gasteiger charge is -2.07. The summed E-state index contributed by atoms with van der Waals surface area (Å²) in [7, 11) is 1.29. The third-order valence-electron chi connectivity index (χ3n) is 2.62. The summed E-state index contributed by atoms with van der Waals surface area (Å²) in [5.41, 5.74) is 1.19. The fourth-order valence-electron chi connectivity index (χ4n) is 1.63. The van der Waals surface area contributed by atoms with Gasteiger partial charge in [-0.2, -0.15) is 0 Å². The highest BCUT2D eigenvalue weighted by molar-refractivity contribution is 7.17. The van der Waals surface area contributed by atoms with Crippen molar-refractivity contribution in [2.24, 2.45) is 0 Å². The van der Waals surface area contributed by atoms with Gasteiger partial charge in [0, 0.05) is 0 Å². The predicted octanol–water partition coefficient (Wildman–Crippen LogP) is 3.33. The molecule has 0 aliphatic rings. The lowest BCUT2D eigenvalue weighted by Crippen LogP contribution is -2.02. The summed E-state index contributed by atoms with van der Waals surface area (Å²) in [5, 5.41) is 12.7. The number of carboxylic acids is 1. The van der Waals surface area contributed by atoms with Crippen LogP contribution in [0.25, 0.3) is 0 Å². The van der Waals surface area contributed by atoms with E-state index in [0.717, 1.165) is 11.3 Å². The smallest absolute Gasteiger partial charge is 0.347 e. The molecule has 0 spiro atoms. The van der Waals surface area contributed by atoms with Gasteiger partial charge in [0.2, 0.25) is 0 Å². The number of aryl methyl sites for hydroxylation is 1. The Hall–Kier alpha value is -2.12. The van der Waals surface area contributed by atoms with Crippen LogP contribution in [0.2, 0.25) is 5.02 Å². The minimum Gasteiger partial charge on any atom is -0.477 e. The molecule has 6 nitrogen and oxygen atoms in total. The fourth-order valence-corrected chi connectivity index (χ4v) is 2.61. The van der Waals surface area contributed by atoms with Crippen molar-refractivity contribution in [2.45, 2.75) is 6.92 Å². The van der Waals surface area contributed by atoms with E-state index >= 15 is 0 Å². The predicted molar refractivity (Wildman–Crippen MR) is 79.9 cm³/mol. The molecule has 1 aromatic carbocycles. The number of aromatic nitrogens is 1. The minimum absolute atomic E-state index is 0.151. The average molecular weight is 327 g/mol. The van der Waals surface area contributed by atoms with Gasteiger partial charge < -0.3 is 15.2 Å². The SMILES string of the molecule is COC(=O)c1ccc(Cl)c(Nc2nc(C)c(C(=O)O)s2)c1. The largest absolute Gasteiger partial charge is 0.477 e. The molecular weight excluding hydrogens is 316 g/mol. The molecule has 8 heteroatoms. The summed E-state index contributed by atoms with van der Waals surface area (Å²) in [6, 6.07) is 4.61. The minimum atomic E-state index is -1.03. The normalized spacial score (nSPS) is 10.2. The van der Waals surface area contributed by atoms with Gasteiger partial charge in [0.15, 0.2) is 5.13 Å². The first-order valence-corrected chi connectivity index (χ1v) is 6.97. The summed E-state index contributed by atoms with van der Waals surface area (Å²) in [6.45, 7) is 1.61. The van der Waals surface area contributed by atoms with Gasteiger partial charge in [0.1, 0.15) is 4.88 Å². The Labute approximate surface area is 129 Å². The molecule has 0 atom stereocenters. The number of nitrogens with one attached hydrogen (secondary N) is 1. The summed E-state index contributed by atoms with van der Waals surface area (Å²) >= 11 is 7.04. The van der Waals surface area contributed by atoms with Crippen LogP contribution in [-0.4, -0.2) is 29.1 Å². The number of esters is 1. The maximum atomic E-state index is 11.5. The zero-order valence-corrected chi connectivity index (χ0v) is 12.7. The summed E-state index contributed by atoms with van der Waals surface area (Å²) in [6.07, 6.45) is 0. The molecule has 0 saturated carbocycles. The van der Waals surface area contributed by atoms with E-state index in [-0.39, 0.29) is 4.88 Å². The van der Waals surface area contributed by atoms with Crippen LogP contribution in [0.5, 0.6) is 0 Å². The van der Waals surface area contributed by atoms with Gasteiger partial charge in [-0.05, 0) is 25.1 Å². The highest BCUT2D eigenvalue weighted by atomic mass is 35.5. The van der Waals surface area contributed by atoms with Crippen LogP contribution in [0.1, 0.15) is 25.7 Å². The van der Waals surface area contributed by atoms with Crippen LogP contribution in [-0.2, 0) is 4.74 Å². The second-order valence-corrected chi connectivity index (χ2v) is 5.46. The molecule has 1 heterocycles.